The van der Waals surface area contributed by atoms with Gasteiger partial charge in [0.05, 0.1) is 5.69 Å². The Kier molecular flexibility index (Phi) is 2.57. The van der Waals surface area contributed by atoms with E-state index < -0.39 is 0 Å². The number of aryl methyl sites for hydroxylation is 1. The Bertz CT molecular complexity index is 576. The normalized spacial score (nSPS) is 11.4. The first-order valence-corrected chi connectivity index (χ1v) is 5.25. The SMILES string of the molecule is C=Cc1c(/C=C\C)oc2c(N)c(C)ccc12. The second kappa shape index (κ2) is 3.89. The molecule has 2 rings (SSSR count). The fourth-order valence-electron chi connectivity index (χ4n) is 1.80. The Morgan fingerprint density at radius 2 is 2.12 bits per heavy atom. The average Bonchev–Trinajstić information content (AvgIpc) is 2.62. The lowest BCUT2D eigenvalue weighted by Crippen LogP contribution is -1.88. The molecule has 2 heteroatoms. The molecule has 0 unspecified atom stereocenters. The summed E-state index contributed by atoms with van der Waals surface area (Å²) in [5.41, 5.74) is 9.49. The van der Waals surface area contributed by atoms with Gasteiger partial charge in [0.1, 0.15) is 5.76 Å². The number of nitrogen functional groups attached to an aromatic ring is 1. The third kappa shape index (κ3) is 1.43. The largest absolute Gasteiger partial charge is 0.454 e. The Morgan fingerprint density at radius 3 is 2.75 bits per heavy atom. The van der Waals surface area contributed by atoms with Gasteiger partial charge >= 0.3 is 0 Å². The number of fused-ring (bicyclic) bond motifs is 1. The Balaban J connectivity index is 2.86. The van der Waals surface area contributed by atoms with Crippen LogP contribution in [0.5, 0.6) is 0 Å². The van der Waals surface area contributed by atoms with E-state index in [9.17, 15) is 0 Å². The van der Waals surface area contributed by atoms with Gasteiger partial charge in [0.2, 0.25) is 0 Å². The first-order valence-electron chi connectivity index (χ1n) is 5.25. The van der Waals surface area contributed by atoms with Crippen LogP contribution in [0.3, 0.4) is 0 Å². The summed E-state index contributed by atoms with van der Waals surface area (Å²) in [6.07, 6.45) is 5.66. The molecule has 82 valence electrons. The molecule has 0 spiro atoms. The molecule has 0 aliphatic carbocycles. The molecule has 0 fully saturated rings. The Hall–Kier alpha value is -1.96. The molecule has 0 saturated carbocycles. The zero-order chi connectivity index (χ0) is 11.7. The van der Waals surface area contributed by atoms with Crippen molar-refractivity contribution < 1.29 is 4.42 Å². The van der Waals surface area contributed by atoms with E-state index in [1.165, 1.54) is 0 Å². The second-order valence-electron chi connectivity index (χ2n) is 3.76. The summed E-state index contributed by atoms with van der Waals surface area (Å²) in [4.78, 5) is 0. The zero-order valence-corrected chi connectivity index (χ0v) is 9.58. The molecule has 2 N–H and O–H groups in total. The summed E-state index contributed by atoms with van der Waals surface area (Å²) in [6, 6.07) is 4.02. The fourth-order valence-corrected chi connectivity index (χ4v) is 1.80. The van der Waals surface area contributed by atoms with E-state index in [1.807, 2.05) is 38.1 Å². The smallest absolute Gasteiger partial charge is 0.158 e. The molecule has 2 nitrogen and oxygen atoms in total. The quantitative estimate of drug-likeness (QED) is 0.766. The molecule has 0 radical (unpaired) electrons. The summed E-state index contributed by atoms with van der Waals surface area (Å²) < 4.78 is 5.76. The molecule has 0 aliphatic heterocycles. The number of benzene rings is 1. The van der Waals surface area contributed by atoms with Crippen molar-refractivity contribution in [2.45, 2.75) is 13.8 Å². The number of hydrogen-bond acceptors (Lipinski definition) is 2. The van der Waals surface area contributed by atoms with Crippen molar-refractivity contribution in [3.05, 3.63) is 41.7 Å². The average molecular weight is 213 g/mol. The maximum atomic E-state index is 6.00. The zero-order valence-electron chi connectivity index (χ0n) is 9.58. The summed E-state index contributed by atoms with van der Waals surface area (Å²) in [6.45, 7) is 7.74. The molecule has 16 heavy (non-hydrogen) atoms. The van der Waals surface area contributed by atoms with E-state index in [4.69, 9.17) is 10.2 Å². The van der Waals surface area contributed by atoms with Crippen molar-refractivity contribution in [3.63, 3.8) is 0 Å². The van der Waals surface area contributed by atoms with Crippen molar-refractivity contribution in [3.8, 4) is 0 Å². The second-order valence-corrected chi connectivity index (χ2v) is 3.76. The third-order valence-electron chi connectivity index (χ3n) is 2.70. The van der Waals surface area contributed by atoms with Gasteiger partial charge in [-0.2, -0.15) is 0 Å². The Labute approximate surface area is 95.1 Å². The van der Waals surface area contributed by atoms with Crippen LogP contribution in [0, 0.1) is 6.92 Å². The van der Waals surface area contributed by atoms with Gasteiger partial charge in [0.15, 0.2) is 5.58 Å². The summed E-state index contributed by atoms with van der Waals surface area (Å²) in [7, 11) is 0. The summed E-state index contributed by atoms with van der Waals surface area (Å²) in [5, 5.41) is 1.02. The van der Waals surface area contributed by atoms with Crippen molar-refractivity contribution in [2.24, 2.45) is 0 Å². The van der Waals surface area contributed by atoms with Crippen molar-refractivity contribution in [1.82, 2.24) is 0 Å². The lowest BCUT2D eigenvalue weighted by atomic mass is 10.1. The monoisotopic (exact) mass is 213 g/mol. The van der Waals surface area contributed by atoms with Gasteiger partial charge in [-0.1, -0.05) is 30.9 Å². The van der Waals surface area contributed by atoms with Crippen LogP contribution in [0.25, 0.3) is 23.1 Å². The van der Waals surface area contributed by atoms with E-state index >= 15 is 0 Å². The highest BCUT2D eigenvalue weighted by Gasteiger charge is 2.12. The van der Waals surface area contributed by atoms with Crippen LogP contribution in [0.2, 0.25) is 0 Å². The number of nitrogens with two attached hydrogens (primary N) is 1. The van der Waals surface area contributed by atoms with Gasteiger partial charge in [0, 0.05) is 10.9 Å². The number of anilines is 1. The molecule has 0 bridgehead atoms. The molecule has 1 aromatic carbocycles. The van der Waals surface area contributed by atoms with Crippen molar-refractivity contribution in [2.75, 3.05) is 5.73 Å². The van der Waals surface area contributed by atoms with E-state index in [1.54, 1.807) is 6.08 Å². The van der Waals surface area contributed by atoms with E-state index in [-0.39, 0.29) is 0 Å². The molecular weight excluding hydrogens is 198 g/mol. The van der Waals surface area contributed by atoms with E-state index in [0.717, 1.165) is 27.9 Å². The minimum Gasteiger partial charge on any atom is -0.454 e. The highest BCUT2D eigenvalue weighted by Crippen LogP contribution is 2.33. The molecular formula is C14H15NO. The van der Waals surface area contributed by atoms with Gasteiger partial charge in [-0.15, -0.1) is 0 Å². The predicted molar refractivity (Wildman–Crippen MR) is 70.2 cm³/mol. The number of furan rings is 1. The summed E-state index contributed by atoms with van der Waals surface area (Å²) in [5.74, 6) is 0.810. The third-order valence-corrected chi connectivity index (χ3v) is 2.70. The topological polar surface area (TPSA) is 39.2 Å². The van der Waals surface area contributed by atoms with Crippen molar-refractivity contribution >= 4 is 28.8 Å². The van der Waals surface area contributed by atoms with Crippen molar-refractivity contribution in [1.29, 1.82) is 0 Å². The van der Waals surface area contributed by atoms with Crippen LogP contribution in [0.4, 0.5) is 5.69 Å². The van der Waals surface area contributed by atoms with Crippen LogP contribution in [0.15, 0.2) is 29.2 Å². The van der Waals surface area contributed by atoms with E-state index in [2.05, 4.69) is 6.58 Å². The minimum absolute atomic E-state index is 0.705. The lowest BCUT2D eigenvalue weighted by Gasteiger charge is -1.99. The van der Waals surface area contributed by atoms with E-state index in [0.29, 0.717) is 5.69 Å². The number of allylic oxidation sites excluding steroid dienone is 1. The molecule has 1 heterocycles. The summed E-state index contributed by atoms with van der Waals surface area (Å²) >= 11 is 0. The molecule has 2 aromatic rings. The molecule has 0 saturated heterocycles. The molecule has 0 aliphatic rings. The maximum Gasteiger partial charge on any atom is 0.158 e. The van der Waals surface area contributed by atoms with Crippen LogP contribution < -0.4 is 5.73 Å². The predicted octanol–water partition coefficient (Wildman–Crippen LogP) is 4.00. The van der Waals surface area contributed by atoms with Crippen LogP contribution >= 0.6 is 0 Å². The van der Waals surface area contributed by atoms with Crippen LogP contribution in [-0.4, -0.2) is 0 Å². The molecule has 0 amide bonds. The van der Waals surface area contributed by atoms with Gasteiger partial charge in [-0.05, 0) is 25.5 Å². The highest BCUT2D eigenvalue weighted by atomic mass is 16.3. The first kappa shape index (κ1) is 10.6. The minimum atomic E-state index is 0.705. The highest BCUT2D eigenvalue weighted by molar-refractivity contribution is 5.97. The fraction of sp³-hybridized carbons (Fsp3) is 0.143. The lowest BCUT2D eigenvalue weighted by molar-refractivity contribution is 0.604. The maximum absolute atomic E-state index is 6.00. The van der Waals surface area contributed by atoms with Gasteiger partial charge < -0.3 is 10.2 Å². The van der Waals surface area contributed by atoms with Gasteiger partial charge in [0.25, 0.3) is 0 Å². The number of rotatable bonds is 2. The van der Waals surface area contributed by atoms with Gasteiger partial charge in [-0.25, -0.2) is 0 Å². The molecule has 1 aromatic heterocycles. The Morgan fingerprint density at radius 1 is 1.38 bits per heavy atom. The first-order chi connectivity index (χ1) is 7.69. The molecule has 0 atom stereocenters. The standard InChI is InChI=1S/C14H15NO/c1-4-6-12-10(5-2)11-8-7-9(3)13(15)14(11)16-12/h4-8H,2,15H2,1,3H3/b6-4-. The van der Waals surface area contributed by atoms with Crippen LogP contribution in [-0.2, 0) is 0 Å². The van der Waals surface area contributed by atoms with Gasteiger partial charge in [-0.3, -0.25) is 0 Å². The number of hydrogen-bond donors (Lipinski definition) is 1. The van der Waals surface area contributed by atoms with Crippen LogP contribution in [0.1, 0.15) is 23.8 Å².